The van der Waals surface area contributed by atoms with Crippen molar-refractivity contribution in [3.8, 4) is 0 Å². The summed E-state index contributed by atoms with van der Waals surface area (Å²) in [6, 6.07) is 5.07. The highest BCUT2D eigenvalue weighted by Crippen LogP contribution is 2.32. The Morgan fingerprint density at radius 1 is 1.28 bits per heavy atom. The molecule has 0 bridgehead atoms. The quantitative estimate of drug-likeness (QED) is 0.623. The van der Waals surface area contributed by atoms with E-state index in [2.05, 4.69) is 15.4 Å². The number of benzene rings is 1. The number of halogens is 2. The van der Waals surface area contributed by atoms with E-state index in [0.29, 0.717) is 41.2 Å². The zero-order chi connectivity index (χ0) is 23.4. The van der Waals surface area contributed by atoms with Gasteiger partial charge in [-0.25, -0.2) is 14.5 Å². The van der Waals surface area contributed by atoms with E-state index < -0.39 is 11.2 Å². The summed E-state index contributed by atoms with van der Waals surface area (Å²) in [5, 5.41) is 19.9. The van der Waals surface area contributed by atoms with Gasteiger partial charge in [-0.3, -0.25) is 0 Å². The van der Waals surface area contributed by atoms with E-state index in [9.17, 15) is 9.90 Å². The molecule has 176 valence electrons. The number of likely N-dealkylation sites (tertiary alicyclic amines) is 1. The average molecular weight is 484 g/mol. The Labute approximate surface area is 198 Å². The highest BCUT2D eigenvalue weighted by atomic mass is 35.5. The molecule has 0 saturated carbocycles. The summed E-state index contributed by atoms with van der Waals surface area (Å²) < 4.78 is 7.04. The summed E-state index contributed by atoms with van der Waals surface area (Å²) in [5.74, 6) is 0.394. The Hall–Kier alpha value is -1.87. The lowest BCUT2D eigenvalue weighted by Crippen LogP contribution is -2.46. The molecular weight excluding hydrogens is 453 g/mol. The van der Waals surface area contributed by atoms with Gasteiger partial charge in [0.2, 0.25) is 0 Å². The molecule has 1 atom stereocenters. The number of hydrogen-bond donors (Lipinski definition) is 2. The van der Waals surface area contributed by atoms with Gasteiger partial charge in [-0.2, -0.15) is 5.10 Å². The van der Waals surface area contributed by atoms with E-state index in [1.54, 1.807) is 34.1 Å². The summed E-state index contributed by atoms with van der Waals surface area (Å²) in [6.45, 7) is 8.12. The molecule has 32 heavy (non-hydrogen) atoms. The molecule has 1 aromatic carbocycles. The normalized spacial score (nSPS) is 17.2. The zero-order valence-corrected chi connectivity index (χ0v) is 20.2. The van der Waals surface area contributed by atoms with Crippen molar-refractivity contribution in [2.45, 2.75) is 51.4 Å². The van der Waals surface area contributed by atoms with Gasteiger partial charge in [-0.05, 0) is 58.2 Å². The van der Waals surface area contributed by atoms with Gasteiger partial charge in [0.05, 0.1) is 6.54 Å². The Morgan fingerprint density at radius 3 is 2.59 bits per heavy atom. The molecule has 1 fully saturated rings. The van der Waals surface area contributed by atoms with E-state index in [0.717, 1.165) is 12.8 Å². The molecule has 0 spiro atoms. The second-order valence-corrected chi connectivity index (χ2v) is 10.1. The van der Waals surface area contributed by atoms with Crippen molar-refractivity contribution in [3.05, 3.63) is 46.5 Å². The summed E-state index contributed by atoms with van der Waals surface area (Å²) in [6.07, 6.45) is 4.46. The minimum atomic E-state index is -1.30. The molecular formula is C22H31Cl2N5O3. The number of carbonyl (C=O) groups excluding carboxylic acids is 1. The van der Waals surface area contributed by atoms with Gasteiger partial charge in [0.25, 0.3) is 0 Å². The van der Waals surface area contributed by atoms with Crippen molar-refractivity contribution in [3.63, 3.8) is 0 Å². The minimum absolute atomic E-state index is 0.193. The standard InChI is InChI=1S/C22H31Cl2N5O3/c1-21(2,3)32-20(30)28-8-6-16(7-9-28)11-25-12-22(31,13-29-15-26-14-27-29)18-5-4-17(23)10-19(18)24/h4-5,10,14-16,25,31H,6-9,11-13H2,1-3H3. The fourth-order valence-electron chi connectivity index (χ4n) is 3.81. The Bertz CT molecular complexity index is 895. The van der Waals surface area contributed by atoms with Crippen molar-refractivity contribution in [1.82, 2.24) is 25.0 Å². The molecule has 1 unspecified atom stereocenters. The molecule has 2 heterocycles. The number of aromatic nitrogens is 3. The van der Waals surface area contributed by atoms with Crippen LogP contribution in [0.5, 0.6) is 0 Å². The predicted molar refractivity (Wildman–Crippen MR) is 124 cm³/mol. The number of nitrogens with one attached hydrogen (secondary N) is 1. The van der Waals surface area contributed by atoms with Gasteiger partial charge in [0.1, 0.15) is 23.9 Å². The second kappa shape index (κ2) is 10.4. The van der Waals surface area contributed by atoms with Crippen LogP contribution in [0.15, 0.2) is 30.9 Å². The summed E-state index contributed by atoms with van der Waals surface area (Å²) in [5.41, 5.74) is -1.22. The lowest BCUT2D eigenvalue weighted by Gasteiger charge is -2.34. The first-order valence-corrected chi connectivity index (χ1v) is 11.5. The minimum Gasteiger partial charge on any atom is -0.444 e. The molecule has 1 aliphatic heterocycles. The highest BCUT2D eigenvalue weighted by Gasteiger charge is 2.33. The van der Waals surface area contributed by atoms with Gasteiger partial charge in [0.15, 0.2) is 0 Å². The number of aliphatic hydroxyl groups is 1. The number of hydrogen-bond acceptors (Lipinski definition) is 6. The Kier molecular flexibility index (Phi) is 8.03. The third kappa shape index (κ3) is 6.81. The molecule has 1 aliphatic rings. The van der Waals surface area contributed by atoms with Crippen LogP contribution in [0.25, 0.3) is 0 Å². The van der Waals surface area contributed by atoms with E-state index >= 15 is 0 Å². The van der Waals surface area contributed by atoms with Crippen LogP contribution in [0.4, 0.5) is 4.79 Å². The number of ether oxygens (including phenoxy) is 1. The largest absolute Gasteiger partial charge is 0.444 e. The van der Waals surface area contributed by atoms with Crippen LogP contribution in [0.1, 0.15) is 39.2 Å². The molecule has 1 amide bonds. The number of nitrogens with zero attached hydrogens (tertiary/aromatic N) is 4. The summed E-state index contributed by atoms with van der Waals surface area (Å²) in [7, 11) is 0. The van der Waals surface area contributed by atoms with Crippen LogP contribution in [0, 0.1) is 5.92 Å². The van der Waals surface area contributed by atoms with Crippen LogP contribution in [-0.4, -0.2) is 62.6 Å². The van der Waals surface area contributed by atoms with Crippen LogP contribution in [0.2, 0.25) is 10.0 Å². The van der Waals surface area contributed by atoms with Crippen molar-refractivity contribution >= 4 is 29.3 Å². The average Bonchev–Trinajstić information content (AvgIpc) is 3.19. The number of rotatable bonds is 7. The molecule has 10 heteroatoms. The maximum absolute atomic E-state index is 12.2. The highest BCUT2D eigenvalue weighted by molar-refractivity contribution is 6.35. The molecule has 0 aliphatic carbocycles. The summed E-state index contributed by atoms with van der Waals surface area (Å²) >= 11 is 12.4. The van der Waals surface area contributed by atoms with Gasteiger partial charge >= 0.3 is 6.09 Å². The van der Waals surface area contributed by atoms with E-state index in [1.807, 2.05) is 20.8 Å². The van der Waals surface area contributed by atoms with Crippen LogP contribution in [0.3, 0.4) is 0 Å². The first kappa shape index (κ1) is 24.8. The molecule has 1 saturated heterocycles. The molecule has 1 aromatic heterocycles. The number of piperidine rings is 1. The third-order valence-electron chi connectivity index (χ3n) is 5.44. The van der Waals surface area contributed by atoms with Gasteiger partial charge in [-0.15, -0.1) is 0 Å². The second-order valence-electron chi connectivity index (χ2n) is 9.29. The van der Waals surface area contributed by atoms with Crippen molar-refractivity contribution in [2.24, 2.45) is 5.92 Å². The van der Waals surface area contributed by atoms with Crippen molar-refractivity contribution in [1.29, 1.82) is 0 Å². The maximum atomic E-state index is 12.2. The van der Waals surface area contributed by atoms with Crippen molar-refractivity contribution in [2.75, 3.05) is 26.2 Å². The number of carbonyl (C=O) groups is 1. The van der Waals surface area contributed by atoms with Crippen LogP contribution >= 0.6 is 23.2 Å². The fraction of sp³-hybridized carbons (Fsp3) is 0.591. The molecule has 2 N–H and O–H groups in total. The Balaban J connectivity index is 1.57. The lowest BCUT2D eigenvalue weighted by molar-refractivity contribution is 0.0118. The SMILES string of the molecule is CC(C)(C)OC(=O)N1CCC(CNCC(O)(Cn2cncn2)c2ccc(Cl)cc2Cl)CC1. The summed E-state index contributed by atoms with van der Waals surface area (Å²) in [4.78, 5) is 18.0. The fourth-order valence-corrected chi connectivity index (χ4v) is 4.40. The first-order valence-electron chi connectivity index (χ1n) is 10.7. The van der Waals surface area contributed by atoms with E-state index in [1.165, 1.54) is 6.33 Å². The topological polar surface area (TPSA) is 92.5 Å². The van der Waals surface area contributed by atoms with Crippen molar-refractivity contribution < 1.29 is 14.6 Å². The molecule has 3 rings (SSSR count). The van der Waals surface area contributed by atoms with Gasteiger partial charge in [0, 0.05) is 35.2 Å². The van der Waals surface area contributed by atoms with E-state index in [-0.39, 0.29) is 19.2 Å². The van der Waals surface area contributed by atoms with Gasteiger partial charge in [-0.1, -0.05) is 29.3 Å². The van der Waals surface area contributed by atoms with Crippen LogP contribution < -0.4 is 5.32 Å². The molecule has 8 nitrogen and oxygen atoms in total. The first-order chi connectivity index (χ1) is 15.1. The van der Waals surface area contributed by atoms with Gasteiger partial charge < -0.3 is 20.1 Å². The zero-order valence-electron chi connectivity index (χ0n) is 18.7. The maximum Gasteiger partial charge on any atom is 0.410 e. The lowest BCUT2D eigenvalue weighted by atomic mass is 9.92. The molecule has 2 aromatic rings. The Morgan fingerprint density at radius 2 is 2.00 bits per heavy atom. The third-order valence-corrected chi connectivity index (χ3v) is 5.99. The number of amides is 1. The van der Waals surface area contributed by atoms with E-state index in [4.69, 9.17) is 27.9 Å². The predicted octanol–water partition coefficient (Wildman–Crippen LogP) is 3.71. The smallest absolute Gasteiger partial charge is 0.410 e. The molecule has 0 radical (unpaired) electrons. The van der Waals surface area contributed by atoms with Crippen LogP contribution in [-0.2, 0) is 16.9 Å². The monoisotopic (exact) mass is 483 g/mol.